The Morgan fingerprint density at radius 3 is 2.72 bits per heavy atom. The Morgan fingerprint density at radius 1 is 1.20 bits per heavy atom. The molecule has 0 aliphatic heterocycles. The zero-order valence-electron chi connectivity index (χ0n) is 13.3. The molecule has 1 amide bonds. The Bertz CT molecular complexity index is 822. The highest BCUT2D eigenvalue weighted by atomic mass is 16.3. The Morgan fingerprint density at radius 2 is 2.00 bits per heavy atom. The average molecular weight is 338 g/mol. The van der Waals surface area contributed by atoms with E-state index >= 15 is 0 Å². The summed E-state index contributed by atoms with van der Waals surface area (Å²) in [6.45, 7) is 0. The monoisotopic (exact) mass is 338 g/mol. The lowest BCUT2D eigenvalue weighted by Gasteiger charge is -2.18. The first-order valence-electron chi connectivity index (χ1n) is 7.76. The number of rotatable bonds is 6. The van der Waals surface area contributed by atoms with Gasteiger partial charge in [0.05, 0.1) is 0 Å². The van der Waals surface area contributed by atoms with E-state index in [0.29, 0.717) is 23.5 Å². The van der Waals surface area contributed by atoms with Crippen molar-refractivity contribution in [3.8, 4) is 11.4 Å². The maximum atomic E-state index is 12.3. The molecule has 8 heteroatoms. The number of carbonyl (C=O) groups excluding carboxylic acids is 1. The molecule has 1 aromatic heterocycles. The highest BCUT2D eigenvalue weighted by Gasteiger charge is 2.23. The number of tetrazole rings is 1. The number of H-pyrrole nitrogens is 1. The fourth-order valence-electron chi connectivity index (χ4n) is 2.43. The minimum atomic E-state index is -1.32. The van der Waals surface area contributed by atoms with E-state index in [-0.39, 0.29) is 0 Å². The molecule has 25 heavy (non-hydrogen) atoms. The van der Waals surface area contributed by atoms with Gasteiger partial charge in [0.15, 0.2) is 0 Å². The molecule has 0 saturated heterocycles. The van der Waals surface area contributed by atoms with Gasteiger partial charge in [-0.3, -0.25) is 4.79 Å². The fraction of sp³-hybridized carbons (Fsp3) is 0.176. The van der Waals surface area contributed by atoms with Gasteiger partial charge in [0.25, 0.3) is 5.91 Å². The lowest BCUT2D eigenvalue weighted by atomic mass is 10.0. The first-order chi connectivity index (χ1) is 12.1. The summed E-state index contributed by atoms with van der Waals surface area (Å²) in [6.07, 6.45) is -0.924. The number of nitrogens with zero attached hydrogens (tertiary/aromatic N) is 3. The van der Waals surface area contributed by atoms with Crippen molar-refractivity contribution in [2.24, 2.45) is 5.73 Å². The van der Waals surface area contributed by atoms with E-state index in [1.165, 1.54) is 0 Å². The van der Waals surface area contributed by atoms with Gasteiger partial charge in [0.1, 0.15) is 6.10 Å². The van der Waals surface area contributed by atoms with Gasteiger partial charge in [-0.05, 0) is 29.3 Å². The number of aromatic nitrogens is 4. The standard InChI is InChI=1S/C17H18N6O2/c18-14(9-11-5-2-1-3-6-11)15(24)17(25)19-13-8-4-7-12(10-13)16-20-22-23-21-16/h1-8,10,14-15,24H,9,18H2,(H,19,25)(H,20,21,22,23)/t14-,15-/m0/s1. The molecule has 128 valence electrons. The third-order valence-electron chi connectivity index (χ3n) is 3.72. The van der Waals surface area contributed by atoms with Crippen LogP contribution >= 0.6 is 0 Å². The number of amides is 1. The molecule has 8 nitrogen and oxygen atoms in total. The first kappa shape index (κ1) is 16.7. The van der Waals surface area contributed by atoms with Crippen molar-refractivity contribution in [1.82, 2.24) is 20.6 Å². The normalized spacial score (nSPS) is 13.2. The molecule has 2 aromatic carbocycles. The summed E-state index contributed by atoms with van der Waals surface area (Å²) < 4.78 is 0. The number of hydrogen-bond donors (Lipinski definition) is 4. The summed E-state index contributed by atoms with van der Waals surface area (Å²) in [7, 11) is 0. The third-order valence-corrected chi connectivity index (χ3v) is 3.72. The molecule has 2 atom stereocenters. The number of aromatic amines is 1. The zero-order chi connectivity index (χ0) is 17.6. The van der Waals surface area contributed by atoms with Crippen LogP contribution in [0.2, 0.25) is 0 Å². The molecule has 3 rings (SSSR count). The van der Waals surface area contributed by atoms with E-state index in [0.717, 1.165) is 5.56 Å². The van der Waals surface area contributed by atoms with E-state index in [4.69, 9.17) is 5.73 Å². The highest BCUT2D eigenvalue weighted by molar-refractivity contribution is 5.95. The van der Waals surface area contributed by atoms with Gasteiger partial charge in [-0.1, -0.05) is 42.5 Å². The molecule has 0 aliphatic rings. The van der Waals surface area contributed by atoms with Crippen molar-refractivity contribution in [2.45, 2.75) is 18.6 Å². The number of nitrogens with two attached hydrogens (primary N) is 1. The predicted octanol–water partition coefficient (Wildman–Crippen LogP) is 0.736. The van der Waals surface area contributed by atoms with Crippen LogP contribution in [0.15, 0.2) is 54.6 Å². The van der Waals surface area contributed by atoms with Gasteiger partial charge in [0, 0.05) is 17.3 Å². The molecule has 1 heterocycles. The molecule has 0 unspecified atom stereocenters. The minimum absolute atomic E-state index is 0.401. The number of nitrogens with one attached hydrogen (secondary N) is 2. The smallest absolute Gasteiger partial charge is 0.254 e. The molecule has 0 fully saturated rings. The lowest BCUT2D eigenvalue weighted by Crippen LogP contribution is -2.44. The van der Waals surface area contributed by atoms with Crippen LogP contribution in [0.25, 0.3) is 11.4 Å². The third kappa shape index (κ3) is 4.25. The van der Waals surface area contributed by atoms with Crippen LogP contribution < -0.4 is 11.1 Å². The number of benzene rings is 2. The van der Waals surface area contributed by atoms with E-state index in [2.05, 4.69) is 25.9 Å². The van der Waals surface area contributed by atoms with E-state index < -0.39 is 18.1 Å². The van der Waals surface area contributed by atoms with Crippen LogP contribution in [0, 0.1) is 0 Å². The van der Waals surface area contributed by atoms with Gasteiger partial charge in [-0.15, -0.1) is 10.2 Å². The molecular formula is C17H18N6O2. The van der Waals surface area contributed by atoms with E-state index in [9.17, 15) is 9.90 Å². The summed E-state index contributed by atoms with van der Waals surface area (Å²) in [6, 6.07) is 15.7. The molecule has 0 saturated carbocycles. The van der Waals surface area contributed by atoms with Crippen LogP contribution in [0.3, 0.4) is 0 Å². The quantitative estimate of drug-likeness (QED) is 0.524. The molecule has 0 spiro atoms. The number of anilines is 1. The van der Waals surface area contributed by atoms with Gasteiger partial charge in [-0.2, -0.15) is 5.21 Å². The van der Waals surface area contributed by atoms with Gasteiger partial charge in [-0.25, -0.2) is 0 Å². The van der Waals surface area contributed by atoms with Crippen molar-refractivity contribution in [3.63, 3.8) is 0 Å². The molecule has 0 bridgehead atoms. The van der Waals surface area contributed by atoms with Gasteiger partial charge < -0.3 is 16.2 Å². The Balaban J connectivity index is 1.64. The maximum absolute atomic E-state index is 12.3. The molecule has 5 N–H and O–H groups in total. The van der Waals surface area contributed by atoms with Gasteiger partial charge in [0.2, 0.25) is 5.82 Å². The molecular weight excluding hydrogens is 320 g/mol. The second kappa shape index (κ2) is 7.65. The lowest BCUT2D eigenvalue weighted by molar-refractivity contribution is -0.124. The Hall–Kier alpha value is -3.10. The summed E-state index contributed by atoms with van der Waals surface area (Å²) >= 11 is 0. The largest absolute Gasteiger partial charge is 0.382 e. The zero-order valence-corrected chi connectivity index (χ0v) is 13.3. The van der Waals surface area contributed by atoms with E-state index in [1.54, 1.807) is 24.3 Å². The molecule has 0 radical (unpaired) electrons. The maximum Gasteiger partial charge on any atom is 0.254 e. The Labute approximate surface area is 144 Å². The number of aliphatic hydroxyl groups is 1. The second-order valence-electron chi connectivity index (χ2n) is 5.60. The van der Waals surface area contributed by atoms with Crippen LogP contribution in [-0.4, -0.2) is 43.8 Å². The summed E-state index contributed by atoms with van der Waals surface area (Å²) in [5.74, 6) is -0.147. The Kier molecular flexibility index (Phi) is 5.12. The number of hydrogen-bond acceptors (Lipinski definition) is 6. The van der Waals surface area contributed by atoms with Crippen molar-refractivity contribution in [3.05, 3.63) is 60.2 Å². The number of carbonyl (C=O) groups is 1. The van der Waals surface area contributed by atoms with Crippen molar-refractivity contribution in [1.29, 1.82) is 0 Å². The summed E-state index contributed by atoms with van der Waals surface area (Å²) in [5, 5.41) is 26.5. The fourth-order valence-corrected chi connectivity index (χ4v) is 2.43. The topological polar surface area (TPSA) is 130 Å². The van der Waals surface area contributed by atoms with Crippen molar-refractivity contribution >= 4 is 11.6 Å². The van der Waals surface area contributed by atoms with Crippen molar-refractivity contribution in [2.75, 3.05) is 5.32 Å². The second-order valence-corrected chi connectivity index (χ2v) is 5.60. The SMILES string of the molecule is N[C@@H](Cc1ccccc1)[C@H](O)C(=O)Nc1cccc(-c2nn[nH]n2)c1. The summed E-state index contributed by atoms with van der Waals surface area (Å²) in [5.41, 5.74) is 8.13. The summed E-state index contributed by atoms with van der Waals surface area (Å²) in [4.78, 5) is 12.3. The minimum Gasteiger partial charge on any atom is -0.382 e. The highest BCUT2D eigenvalue weighted by Crippen LogP contribution is 2.18. The average Bonchev–Trinajstić information content (AvgIpc) is 3.17. The van der Waals surface area contributed by atoms with Crippen LogP contribution in [-0.2, 0) is 11.2 Å². The van der Waals surface area contributed by atoms with E-state index in [1.807, 2.05) is 30.3 Å². The van der Waals surface area contributed by atoms with Gasteiger partial charge >= 0.3 is 0 Å². The van der Waals surface area contributed by atoms with Crippen LogP contribution in [0.4, 0.5) is 5.69 Å². The molecule has 0 aliphatic carbocycles. The van der Waals surface area contributed by atoms with Crippen LogP contribution in [0.5, 0.6) is 0 Å². The van der Waals surface area contributed by atoms with Crippen molar-refractivity contribution < 1.29 is 9.90 Å². The van der Waals surface area contributed by atoms with Crippen LogP contribution in [0.1, 0.15) is 5.56 Å². The predicted molar refractivity (Wildman–Crippen MR) is 92.4 cm³/mol. The number of aliphatic hydroxyl groups excluding tert-OH is 1. The first-order valence-corrected chi connectivity index (χ1v) is 7.76. The molecule has 3 aromatic rings.